The highest BCUT2D eigenvalue weighted by atomic mass is 32.2. The number of aromatic nitrogens is 1. The van der Waals surface area contributed by atoms with Gasteiger partial charge in [0.1, 0.15) is 0 Å². The van der Waals surface area contributed by atoms with Gasteiger partial charge in [0, 0.05) is 22.9 Å². The minimum atomic E-state index is -3.53. The summed E-state index contributed by atoms with van der Waals surface area (Å²) < 4.78 is 26.5. The van der Waals surface area contributed by atoms with E-state index in [2.05, 4.69) is 32.6 Å². The van der Waals surface area contributed by atoms with Crippen molar-refractivity contribution in [1.82, 2.24) is 4.98 Å². The van der Waals surface area contributed by atoms with E-state index >= 15 is 0 Å². The lowest BCUT2D eigenvalue weighted by molar-refractivity contribution is 0.599. The number of fused-ring (bicyclic) bond motifs is 3. The van der Waals surface area contributed by atoms with Crippen LogP contribution in [0.15, 0.2) is 64.5 Å². The topological polar surface area (TPSA) is 47.0 Å². The monoisotopic (exact) mass is 393 g/mol. The van der Waals surface area contributed by atoms with Crippen LogP contribution in [-0.2, 0) is 16.3 Å². The summed E-state index contributed by atoms with van der Waals surface area (Å²) in [4.78, 5) is 5.48. The van der Waals surface area contributed by atoms with Crippen molar-refractivity contribution in [3.8, 4) is 22.4 Å². The molecule has 5 heteroatoms. The number of benzene rings is 2. The summed E-state index contributed by atoms with van der Waals surface area (Å²) in [5, 5.41) is 1.34. The number of rotatable bonds is 3. The Hall–Kier alpha value is -2.24. The van der Waals surface area contributed by atoms with E-state index in [-0.39, 0.29) is 0 Å². The minimum absolute atomic E-state index is 0.390. The molecule has 0 saturated carbocycles. The molecule has 138 valence electrons. The van der Waals surface area contributed by atoms with Gasteiger partial charge in [0.05, 0.1) is 23.6 Å². The predicted molar refractivity (Wildman–Crippen MR) is 113 cm³/mol. The van der Waals surface area contributed by atoms with Gasteiger partial charge < -0.3 is 0 Å². The molecular weight excluding hydrogens is 370 g/mol. The van der Waals surface area contributed by atoms with Gasteiger partial charge >= 0.3 is 0 Å². The zero-order valence-electron chi connectivity index (χ0n) is 16.1. The average molecular weight is 394 g/mol. The van der Waals surface area contributed by atoms with Crippen LogP contribution in [-0.4, -0.2) is 21.5 Å². The molecule has 0 fully saturated rings. The Kier molecular flexibility index (Phi) is 4.13. The number of pyridine rings is 1. The fourth-order valence-electron chi connectivity index (χ4n) is 3.89. The van der Waals surface area contributed by atoms with Gasteiger partial charge in [-0.2, -0.15) is 0 Å². The second kappa shape index (κ2) is 6.14. The molecule has 2 heterocycles. The van der Waals surface area contributed by atoms with Gasteiger partial charge in [-0.25, -0.2) is 8.42 Å². The molecule has 0 unspecified atom stereocenters. The molecule has 4 rings (SSSR count). The zero-order chi connectivity index (χ0) is 19.4. The molecule has 0 bridgehead atoms. The van der Waals surface area contributed by atoms with Crippen LogP contribution < -0.4 is 5.19 Å². The molecule has 3 aromatic rings. The first kappa shape index (κ1) is 18.1. The largest absolute Gasteiger partial charge is 0.256 e. The second-order valence-electron chi connectivity index (χ2n) is 8.01. The Labute approximate surface area is 162 Å². The Morgan fingerprint density at radius 1 is 0.926 bits per heavy atom. The quantitative estimate of drug-likeness (QED) is 0.475. The highest BCUT2D eigenvalue weighted by molar-refractivity contribution is 7.92. The second-order valence-corrected chi connectivity index (χ2v) is 14.9. The molecule has 3 nitrogen and oxygen atoms in total. The highest BCUT2D eigenvalue weighted by Gasteiger charge is 2.35. The minimum Gasteiger partial charge on any atom is -0.256 e. The van der Waals surface area contributed by atoms with Crippen LogP contribution >= 0.6 is 0 Å². The Morgan fingerprint density at radius 2 is 1.59 bits per heavy atom. The molecule has 1 aromatic heterocycles. The molecule has 0 radical (unpaired) electrons. The summed E-state index contributed by atoms with van der Waals surface area (Å²) in [7, 11) is -5.04. The maximum atomic E-state index is 13.2. The molecule has 1 aliphatic rings. The van der Waals surface area contributed by atoms with Crippen molar-refractivity contribution in [2.45, 2.75) is 42.8 Å². The molecule has 27 heavy (non-hydrogen) atoms. The third kappa shape index (κ3) is 2.77. The number of nitrogens with zero attached hydrogens (tertiary/aromatic N) is 1. The standard InChI is InChI=1S/C22H23NO2SSi/c1-5-15-13-19(23-14-21(15)27(2,3)4)18-11-8-10-17-16-9-6-7-12-20(16)26(24,25)22(17)18/h6-14H,5H2,1-4H3. The molecule has 0 N–H and O–H groups in total. The maximum absolute atomic E-state index is 13.2. The van der Waals surface area contributed by atoms with Crippen molar-refractivity contribution in [2.24, 2.45) is 0 Å². The number of hydrogen-bond acceptors (Lipinski definition) is 3. The van der Waals surface area contributed by atoms with Crippen LogP contribution in [0.4, 0.5) is 0 Å². The first-order valence-corrected chi connectivity index (χ1v) is 14.2. The average Bonchev–Trinajstić information content (AvgIpc) is 2.89. The van der Waals surface area contributed by atoms with Crippen LogP contribution in [0.3, 0.4) is 0 Å². The molecule has 0 aliphatic carbocycles. The predicted octanol–water partition coefficient (Wildman–Crippen LogP) is 4.67. The molecular formula is C22H23NO2SSi. The summed E-state index contributed by atoms with van der Waals surface area (Å²) in [5.41, 5.74) is 4.26. The van der Waals surface area contributed by atoms with Gasteiger partial charge in [0.25, 0.3) is 0 Å². The summed E-state index contributed by atoms with van der Waals surface area (Å²) in [6.07, 6.45) is 2.88. The lowest BCUT2D eigenvalue weighted by atomic mass is 10.0. The molecule has 1 aliphatic heterocycles. The van der Waals surface area contributed by atoms with Crippen molar-refractivity contribution >= 4 is 23.1 Å². The molecule has 0 amide bonds. The third-order valence-electron chi connectivity index (χ3n) is 5.21. The summed E-state index contributed by atoms with van der Waals surface area (Å²) in [6.45, 7) is 9.07. The van der Waals surface area contributed by atoms with Gasteiger partial charge in [-0.3, -0.25) is 4.98 Å². The van der Waals surface area contributed by atoms with Gasteiger partial charge in [0.15, 0.2) is 0 Å². The van der Waals surface area contributed by atoms with Crippen LogP contribution in [0.25, 0.3) is 22.4 Å². The van der Waals surface area contributed by atoms with Crippen molar-refractivity contribution in [3.05, 3.63) is 60.3 Å². The first-order chi connectivity index (χ1) is 12.7. The lowest BCUT2D eigenvalue weighted by Crippen LogP contribution is -2.40. The third-order valence-corrected chi connectivity index (χ3v) is 9.18. The summed E-state index contributed by atoms with van der Waals surface area (Å²) >= 11 is 0. The van der Waals surface area contributed by atoms with Crippen molar-refractivity contribution in [3.63, 3.8) is 0 Å². The normalized spacial score (nSPS) is 14.7. The SMILES string of the molecule is CCc1cc(-c2cccc3c2S(=O)(=O)c2ccccc2-3)ncc1[Si](C)(C)C. The van der Waals surface area contributed by atoms with Crippen molar-refractivity contribution in [1.29, 1.82) is 0 Å². The molecule has 2 aromatic carbocycles. The summed E-state index contributed by atoms with van der Waals surface area (Å²) in [6, 6.07) is 15.0. The van der Waals surface area contributed by atoms with Crippen LogP contribution in [0, 0.1) is 0 Å². The van der Waals surface area contributed by atoms with Gasteiger partial charge in [-0.1, -0.05) is 63.0 Å². The van der Waals surface area contributed by atoms with E-state index in [0.717, 1.165) is 23.2 Å². The van der Waals surface area contributed by atoms with Gasteiger partial charge in [-0.05, 0) is 29.3 Å². The Balaban J connectivity index is 1.97. The Bertz CT molecular complexity index is 1160. The van der Waals surface area contributed by atoms with Crippen molar-refractivity contribution < 1.29 is 8.42 Å². The number of sulfone groups is 1. The van der Waals surface area contributed by atoms with E-state index in [4.69, 9.17) is 4.98 Å². The van der Waals surface area contributed by atoms with E-state index in [1.54, 1.807) is 12.1 Å². The molecule has 0 spiro atoms. The highest BCUT2D eigenvalue weighted by Crippen LogP contribution is 2.46. The maximum Gasteiger partial charge on any atom is 0.208 e. The molecule has 0 saturated heterocycles. The Morgan fingerprint density at radius 3 is 2.30 bits per heavy atom. The summed E-state index contributed by atoms with van der Waals surface area (Å²) in [5.74, 6) is 0. The fraction of sp³-hybridized carbons (Fsp3) is 0.227. The van der Waals surface area contributed by atoms with E-state index in [1.807, 2.05) is 36.5 Å². The van der Waals surface area contributed by atoms with E-state index in [9.17, 15) is 8.42 Å². The van der Waals surface area contributed by atoms with Crippen LogP contribution in [0.1, 0.15) is 12.5 Å². The molecule has 0 atom stereocenters. The van der Waals surface area contributed by atoms with E-state index < -0.39 is 17.9 Å². The smallest absolute Gasteiger partial charge is 0.208 e. The van der Waals surface area contributed by atoms with Gasteiger partial charge in [0.2, 0.25) is 9.84 Å². The van der Waals surface area contributed by atoms with Crippen LogP contribution in [0.5, 0.6) is 0 Å². The van der Waals surface area contributed by atoms with Crippen LogP contribution in [0.2, 0.25) is 19.6 Å². The van der Waals surface area contributed by atoms with Crippen molar-refractivity contribution in [2.75, 3.05) is 0 Å². The number of aryl methyl sites for hydroxylation is 1. The first-order valence-electron chi connectivity index (χ1n) is 9.22. The zero-order valence-corrected chi connectivity index (χ0v) is 17.9. The number of hydrogen-bond donors (Lipinski definition) is 0. The van der Waals surface area contributed by atoms with E-state index in [1.165, 1.54) is 10.8 Å². The van der Waals surface area contributed by atoms with E-state index in [0.29, 0.717) is 15.4 Å². The fourth-order valence-corrected chi connectivity index (χ4v) is 7.42. The van der Waals surface area contributed by atoms with Gasteiger partial charge in [-0.15, -0.1) is 0 Å². The lowest BCUT2D eigenvalue weighted by Gasteiger charge is -2.21.